The summed E-state index contributed by atoms with van der Waals surface area (Å²) in [6.45, 7) is 0.212. The summed E-state index contributed by atoms with van der Waals surface area (Å²) >= 11 is 0. The lowest BCUT2D eigenvalue weighted by Crippen LogP contribution is -1.97. The molecule has 0 spiro atoms. The minimum absolute atomic E-state index is 0.184. The van der Waals surface area contributed by atoms with Gasteiger partial charge in [-0.05, 0) is 48.0 Å². The fourth-order valence-corrected chi connectivity index (χ4v) is 1.94. The number of nitrogens with zero attached hydrogens (tertiary/aromatic N) is 2. The Balaban J connectivity index is 1.98. The molecule has 3 aromatic rings. The van der Waals surface area contributed by atoms with Crippen molar-refractivity contribution in [2.45, 2.75) is 6.54 Å². The summed E-state index contributed by atoms with van der Waals surface area (Å²) in [6.07, 6.45) is 0. The van der Waals surface area contributed by atoms with Crippen LogP contribution in [-0.2, 0) is 6.54 Å². The molecule has 2 aromatic carbocycles. The van der Waals surface area contributed by atoms with Gasteiger partial charge in [0, 0.05) is 17.7 Å². The summed E-state index contributed by atoms with van der Waals surface area (Å²) in [5.74, 6) is -0.349. The fourth-order valence-electron chi connectivity index (χ4n) is 1.94. The van der Waals surface area contributed by atoms with Crippen molar-refractivity contribution >= 4 is 0 Å². The van der Waals surface area contributed by atoms with E-state index in [1.54, 1.807) is 6.07 Å². The molecule has 3 rings (SSSR count). The van der Waals surface area contributed by atoms with Crippen molar-refractivity contribution in [3.8, 4) is 22.9 Å². The maximum atomic E-state index is 13.5. The van der Waals surface area contributed by atoms with Crippen LogP contribution in [0.15, 0.2) is 46.9 Å². The summed E-state index contributed by atoms with van der Waals surface area (Å²) in [5.41, 5.74) is 7.18. The zero-order valence-electron chi connectivity index (χ0n) is 10.9. The van der Waals surface area contributed by atoms with E-state index in [1.807, 2.05) is 0 Å². The SMILES string of the molecule is NCc1cc(F)cc(-c2nnc(-c3ccc(F)cc3)o2)c1. The predicted molar refractivity (Wildman–Crippen MR) is 73.0 cm³/mol. The molecule has 4 nitrogen and oxygen atoms in total. The molecule has 0 saturated carbocycles. The molecule has 1 aromatic heterocycles. The number of hydrogen-bond donors (Lipinski definition) is 1. The maximum Gasteiger partial charge on any atom is 0.248 e. The van der Waals surface area contributed by atoms with E-state index >= 15 is 0 Å². The van der Waals surface area contributed by atoms with E-state index in [9.17, 15) is 8.78 Å². The van der Waals surface area contributed by atoms with Crippen molar-refractivity contribution in [2.24, 2.45) is 5.73 Å². The first-order valence-corrected chi connectivity index (χ1v) is 6.25. The summed E-state index contributed by atoms with van der Waals surface area (Å²) in [6, 6.07) is 9.99. The van der Waals surface area contributed by atoms with Gasteiger partial charge in [-0.3, -0.25) is 0 Å². The maximum absolute atomic E-state index is 13.5. The Morgan fingerprint density at radius 1 is 0.857 bits per heavy atom. The van der Waals surface area contributed by atoms with Crippen LogP contribution in [0.1, 0.15) is 5.56 Å². The summed E-state index contributed by atoms with van der Waals surface area (Å²) in [7, 11) is 0. The summed E-state index contributed by atoms with van der Waals surface area (Å²) in [5, 5.41) is 7.77. The lowest BCUT2D eigenvalue weighted by Gasteiger charge is -2.00. The molecule has 0 atom stereocenters. The normalized spacial score (nSPS) is 10.8. The van der Waals surface area contributed by atoms with Gasteiger partial charge in [0.2, 0.25) is 11.8 Å². The number of hydrogen-bond acceptors (Lipinski definition) is 4. The topological polar surface area (TPSA) is 64.9 Å². The van der Waals surface area contributed by atoms with Crippen LogP contribution in [0, 0.1) is 11.6 Å². The monoisotopic (exact) mass is 287 g/mol. The Bertz CT molecular complexity index is 769. The zero-order valence-corrected chi connectivity index (χ0v) is 10.9. The smallest absolute Gasteiger partial charge is 0.248 e. The molecule has 0 aliphatic carbocycles. The van der Waals surface area contributed by atoms with Gasteiger partial charge in [-0.1, -0.05) is 0 Å². The predicted octanol–water partition coefficient (Wildman–Crippen LogP) is 3.14. The average Bonchev–Trinajstić information content (AvgIpc) is 2.97. The van der Waals surface area contributed by atoms with Crippen molar-refractivity contribution in [3.63, 3.8) is 0 Å². The van der Waals surface area contributed by atoms with Crippen molar-refractivity contribution in [2.75, 3.05) is 0 Å². The molecule has 6 heteroatoms. The number of aromatic nitrogens is 2. The fraction of sp³-hybridized carbons (Fsp3) is 0.0667. The largest absolute Gasteiger partial charge is 0.416 e. The second kappa shape index (κ2) is 5.41. The van der Waals surface area contributed by atoms with Gasteiger partial charge in [-0.2, -0.15) is 0 Å². The first kappa shape index (κ1) is 13.4. The molecule has 0 bridgehead atoms. The third kappa shape index (κ3) is 2.80. The highest BCUT2D eigenvalue weighted by molar-refractivity contribution is 5.58. The van der Waals surface area contributed by atoms with Crippen molar-refractivity contribution < 1.29 is 13.2 Å². The number of benzene rings is 2. The van der Waals surface area contributed by atoms with E-state index in [-0.39, 0.29) is 24.1 Å². The molecule has 0 aliphatic rings. The van der Waals surface area contributed by atoms with Crippen LogP contribution in [0.4, 0.5) is 8.78 Å². The Labute approximate surface area is 119 Å². The molecule has 0 radical (unpaired) electrons. The van der Waals surface area contributed by atoms with Gasteiger partial charge in [0.05, 0.1) is 0 Å². The molecular formula is C15H11F2N3O. The Hall–Kier alpha value is -2.60. The lowest BCUT2D eigenvalue weighted by atomic mass is 10.1. The van der Waals surface area contributed by atoms with Crippen molar-refractivity contribution in [3.05, 3.63) is 59.7 Å². The molecule has 0 aliphatic heterocycles. The summed E-state index contributed by atoms with van der Waals surface area (Å²) in [4.78, 5) is 0. The van der Waals surface area contributed by atoms with E-state index in [1.165, 1.54) is 36.4 Å². The van der Waals surface area contributed by atoms with Crippen LogP contribution in [0.3, 0.4) is 0 Å². The molecule has 0 saturated heterocycles. The molecule has 1 heterocycles. The van der Waals surface area contributed by atoms with Crippen LogP contribution < -0.4 is 5.73 Å². The van der Waals surface area contributed by atoms with Gasteiger partial charge in [-0.25, -0.2) is 8.78 Å². The second-order valence-corrected chi connectivity index (χ2v) is 4.47. The first-order valence-electron chi connectivity index (χ1n) is 6.25. The van der Waals surface area contributed by atoms with Gasteiger partial charge in [0.1, 0.15) is 11.6 Å². The second-order valence-electron chi connectivity index (χ2n) is 4.47. The molecular weight excluding hydrogens is 276 g/mol. The molecule has 0 unspecified atom stereocenters. The van der Waals surface area contributed by atoms with Gasteiger partial charge >= 0.3 is 0 Å². The number of rotatable bonds is 3. The van der Waals surface area contributed by atoms with Crippen LogP contribution in [0.2, 0.25) is 0 Å². The molecule has 0 amide bonds. The van der Waals surface area contributed by atoms with E-state index in [0.717, 1.165) is 0 Å². The Morgan fingerprint density at radius 2 is 1.52 bits per heavy atom. The highest BCUT2D eigenvalue weighted by Crippen LogP contribution is 2.25. The molecule has 21 heavy (non-hydrogen) atoms. The van der Waals surface area contributed by atoms with Crippen LogP contribution in [0.5, 0.6) is 0 Å². The minimum Gasteiger partial charge on any atom is -0.416 e. The molecule has 2 N–H and O–H groups in total. The third-order valence-corrected chi connectivity index (χ3v) is 2.96. The Kier molecular flexibility index (Phi) is 3.45. The molecule has 0 fully saturated rings. The van der Waals surface area contributed by atoms with Gasteiger partial charge < -0.3 is 10.2 Å². The van der Waals surface area contributed by atoms with E-state index in [4.69, 9.17) is 10.2 Å². The zero-order chi connectivity index (χ0) is 14.8. The van der Waals surface area contributed by atoms with Crippen LogP contribution in [0.25, 0.3) is 22.9 Å². The van der Waals surface area contributed by atoms with E-state index in [0.29, 0.717) is 16.7 Å². The van der Waals surface area contributed by atoms with Gasteiger partial charge in [0.15, 0.2) is 0 Å². The highest BCUT2D eigenvalue weighted by atomic mass is 19.1. The van der Waals surface area contributed by atoms with E-state index < -0.39 is 5.82 Å². The standard InChI is InChI=1S/C15H11F2N3O/c16-12-3-1-10(2-4-12)14-19-20-15(21-14)11-5-9(8-18)6-13(17)7-11/h1-7H,8,18H2. The van der Waals surface area contributed by atoms with Crippen LogP contribution in [-0.4, -0.2) is 10.2 Å². The number of halogens is 2. The number of nitrogens with two attached hydrogens (primary N) is 1. The van der Waals surface area contributed by atoms with Gasteiger partial charge in [0.25, 0.3) is 0 Å². The summed E-state index contributed by atoms with van der Waals surface area (Å²) < 4.78 is 31.9. The van der Waals surface area contributed by atoms with Gasteiger partial charge in [-0.15, -0.1) is 10.2 Å². The average molecular weight is 287 g/mol. The minimum atomic E-state index is -0.422. The van der Waals surface area contributed by atoms with E-state index in [2.05, 4.69) is 10.2 Å². The first-order chi connectivity index (χ1) is 10.2. The lowest BCUT2D eigenvalue weighted by molar-refractivity contribution is 0.581. The Morgan fingerprint density at radius 3 is 2.19 bits per heavy atom. The van der Waals surface area contributed by atoms with Crippen molar-refractivity contribution in [1.29, 1.82) is 0 Å². The third-order valence-electron chi connectivity index (χ3n) is 2.96. The highest BCUT2D eigenvalue weighted by Gasteiger charge is 2.12. The van der Waals surface area contributed by atoms with Crippen molar-refractivity contribution in [1.82, 2.24) is 10.2 Å². The quantitative estimate of drug-likeness (QED) is 0.803. The van der Waals surface area contributed by atoms with Crippen LogP contribution >= 0.6 is 0 Å². The molecule has 106 valence electrons.